The van der Waals surface area contributed by atoms with E-state index in [0.29, 0.717) is 12.4 Å². The SMILES string of the molecule is CCc1nnc(-c2c(C)[nH]c3ccccc23)nc1NCc1ccccc1. The van der Waals surface area contributed by atoms with E-state index >= 15 is 0 Å². The second-order valence-electron chi connectivity index (χ2n) is 6.29. The minimum absolute atomic E-state index is 0.646. The van der Waals surface area contributed by atoms with E-state index in [0.717, 1.165) is 40.1 Å². The summed E-state index contributed by atoms with van der Waals surface area (Å²) in [6.45, 7) is 4.82. The van der Waals surface area contributed by atoms with E-state index in [4.69, 9.17) is 4.98 Å². The zero-order valence-corrected chi connectivity index (χ0v) is 15.0. The predicted molar refractivity (Wildman–Crippen MR) is 105 cm³/mol. The number of H-pyrrole nitrogens is 1. The van der Waals surface area contributed by atoms with Crippen LogP contribution in [0.5, 0.6) is 0 Å². The minimum Gasteiger partial charge on any atom is -0.364 e. The molecule has 4 rings (SSSR count). The number of fused-ring (bicyclic) bond motifs is 1. The smallest absolute Gasteiger partial charge is 0.186 e. The summed E-state index contributed by atoms with van der Waals surface area (Å²) >= 11 is 0. The van der Waals surface area contributed by atoms with Crippen molar-refractivity contribution in [2.75, 3.05) is 5.32 Å². The van der Waals surface area contributed by atoms with E-state index < -0.39 is 0 Å². The van der Waals surface area contributed by atoms with Crippen LogP contribution in [0.25, 0.3) is 22.3 Å². The van der Waals surface area contributed by atoms with Gasteiger partial charge >= 0.3 is 0 Å². The predicted octanol–water partition coefficient (Wildman–Crippen LogP) is 4.50. The van der Waals surface area contributed by atoms with Gasteiger partial charge in [-0.1, -0.05) is 55.5 Å². The number of rotatable bonds is 5. The number of hydrogen-bond acceptors (Lipinski definition) is 4. The van der Waals surface area contributed by atoms with Gasteiger partial charge in [-0.25, -0.2) is 4.98 Å². The van der Waals surface area contributed by atoms with Crippen molar-refractivity contribution in [1.29, 1.82) is 0 Å². The van der Waals surface area contributed by atoms with Crippen LogP contribution >= 0.6 is 0 Å². The number of aromatic amines is 1. The quantitative estimate of drug-likeness (QED) is 0.560. The molecule has 0 fully saturated rings. The molecule has 0 aliphatic rings. The van der Waals surface area contributed by atoms with E-state index in [1.807, 2.05) is 37.3 Å². The molecule has 130 valence electrons. The van der Waals surface area contributed by atoms with Gasteiger partial charge in [0.05, 0.1) is 0 Å². The zero-order chi connectivity index (χ0) is 17.9. The molecule has 2 aromatic heterocycles. The van der Waals surface area contributed by atoms with Crippen molar-refractivity contribution in [3.8, 4) is 11.4 Å². The fraction of sp³-hybridized carbons (Fsp3) is 0.190. The molecule has 0 unspecified atom stereocenters. The molecule has 5 heteroatoms. The van der Waals surface area contributed by atoms with Crippen LogP contribution < -0.4 is 5.32 Å². The summed E-state index contributed by atoms with van der Waals surface area (Å²) in [4.78, 5) is 8.21. The lowest BCUT2D eigenvalue weighted by molar-refractivity contribution is 0.880. The summed E-state index contributed by atoms with van der Waals surface area (Å²) in [5, 5.41) is 13.4. The van der Waals surface area contributed by atoms with E-state index in [2.05, 4.69) is 51.7 Å². The Morgan fingerprint density at radius 2 is 1.73 bits per heavy atom. The highest BCUT2D eigenvalue weighted by Crippen LogP contribution is 2.30. The Morgan fingerprint density at radius 1 is 0.962 bits per heavy atom. The average molecular weight is 343 g/mol. The van der Waals surface area contributed by atoms with Crippen molar-refractivity contribution in [2.45, 2.75) is 26.8 Å². The average Bonchev–Trinajstić information content (AvgIpc) is 3.02. The molecule has 0 atom stereocenters. The molecule has 2 heterocycles. The van der Waals surface area contributed by atoms with Crippen molar-refractivity contribution >= 4 is 16.7 Å². The maximum Gasteiger partial charge on any atom is 0.186 e. The van der Waals surface area contributed by atoms with Gasteiger partial charge in [-0.05, 0) is 25.0 Å². The molecule has 2 aromatic carbocycles. The molecule has 0 radical (unpaired) electrons. The Kier molecular flexibility index (Phi) is 4.35. The van der Waals surface area contributed by atoms with Crippen LogP contribution in [-0.2, 0) is 13.0 Å². The molecule has 0 spiro atoms. The van der Waals surface area contributed by atoms with Crippen molar-refractivity contribution in [3.05, 3.63) is 71.5 Å². The highest BCUT2D eigenvalue weighted by Gasteiger charge is 2.15. The fourth-order valence-electron chi connectivity index (χ4n) is 3.18. The Balaban J connectivity index is 1.72. The zero-order valence-electron chi connectivity index (χ0n) is 15.0. The number of aromatic nitrogens is 4. The third-order valence-electron chi connectivity index (χ3n) is 4.51. The summed E-state index contributed by atoms with van der Waals surface area (Å²) in [5.74, 6) is 1.44. The number of nitrogens with zero attached hydrogens (tertiary/aromatic N) is 3. The van der Waals surface area contributed by atoms with Crippen LogP contribution in [-0.4, -0.2) is 20.2 Å². The largest absolute Gasteiger partial charge is 0.364 e. The van der Waals surface area contributed by atoms with E-state index in [-0.39, 0.29) is 0 Å². The lowest BCUT2D eigenvalue weighted by Gasteiger charge is -2.10. The van der Waals surface area contributed by atoms with Gasteiger partial charge in [-0.3, -0.25) is 0 Å². The lowest BCUT2D eigenvalue weighted by Crippen LogP contribution is -2.08. The van der Waals surface area contributed by atoms with E-state index in [9.17, 15) is 0 Å². The van der Waals surface area contributed by atoms with Crippen LogP contribution in [0.1, 0.15) is 23.9 Å². The van der Waals surface area contributed by atoms with Gasteiger partial charge in [-0.15, -0.1) is 10.2 Å². The summed E-state index contributed by atoms with van der Waals surface area (Å²) in [6, 6.07) is 18.5. The highest BCUT2D eigenvalue weighted by molar-refractivity contribution is 5.95. The van der Waals surface area contributed by atoms with Crippen LogP contribution in [0, 0.1) is 6.92 Å². The fourth-order valence-corrected chi connectivity index (χ4v) is 3.18. The number of hydrogen-bond donors (Lipinski definition) is 2. The second kappa shape index (κ2) is 6.96. The minimum atomic E-state index is 0.646. The summed E-state index contributed by atoms with van der Waals surface area (Å²) in [7, 11) is 0. The van der Waals surface area contributed by atoms with Gasteiger partial charge in [0, 0.05) is 28.7 Å². The molecule has 4 aromatic rings. The van der Waals surface area contributed by atoms with Gasteiger partial charge in [0.25, 0.3) is 0 Å². The first-order chi connectivity index (χ1) is 12.8. The van der Waals surface area contributed by atoms with Gasteiger partial charge in [0.15, 0.2) is 11.6 Å². The molecule has 0 amide bonds. The van der Waals surface area contributed by atoms with Crippen LogP contribution in [0.15, 0.2) is 54.6 Å². The van der Waals surface area contributed by atoms with Crippen molar-refractivity contribution in [2.24, 2.45) is 0 Å². The number of para-hydroxylation sites is 1. The van der Waals surface area contributed by atoms with E-state index in [1.54, 1.807) is 0 Å². The number of anilines is 1. The lowest BCUT2D eigenvalue weighted by atomic mass is 10.1. The van der Waals surface area contributed by atoms with E-state index in [1.165, 1.54) is 5.56 Å². The van der Waals surface area contributed by atoms with Gasteiger partial charge in [0.2, 0.25) is 0 Å². The molecule has 26 heavy (non-hydrogen) atoms. The normalized spacial score (nSPS) is 11.0. The maximum atomic E-state index is 4.81. The molecule has 0 saturated carbocycles. The molecule has 5 nitrogen and oxygen atoms in total. The molecule has 0 aliphatic carbocycles. The first-order valence-electron chi connectivity index (χ1n) is 8.85. The Bertz CT molecular complexity index is 1040. The standard InChI is InChI=1S/C21H21N5/c1-3-17-20(22-13-15-9-5-4-6-10-15)24-21(26-25-17)19-14(2)23-18-12-8-7-11-16(18)19/h4-12,23H,3,13H2,1-2H3,(H,22,24,26). The van der Waals surface area contributed by atoms with Crippen LogP contribution in [0.2, 0.25) is 0 Å². The van der Waals surface area contributed by atoms with Gasteiger partial charge in [0.1, 0.15) is 5.69 Å². The number of aryl methyl sites for hydroxylation is 2. The Hall–Kier alpha value is -3.21. The first-order valence-corrected chi connectivity index (χ1v) is 8.85. The molecule has 0 aliphatic heterocycles. The van der Waals surface area contributed by atoms with Gasteiger partial charge in [-0.2, -0.15) is 0 Å². The van der Waals surface area contributed by atoms with Crippen molar-refractivity contribution < 1.29 is 0 Å². The van der Waals surface area contributed by atoms with Crippen molar-refractivity contribution in [1.82, 2.24) is 20.2 Å². The van der Waals surface area contributed by atoms with Gasteiger partial charge < -0.3 is 10.3 Å². The number of nitrogens with one attached hydrogen (secondary N) is 2. The molecule has 2 N–H and O–H groups in total. The number of benzene rings is 2. The maximum absolute atomic E-state index is 4.81. The molecule has 0 bridgehead atoms. The first kappa shape index (κ1) is 16.3. The van der Waals surface area contributed by atoms with Crippen LogP contribution in [0.4, 0.5) is 5.82 Å². The monoisotopic (exact) mass is 343 g/mol. The Labute approximate surface area is 152 Å². The third-order valence-corrected chi connectivity index (χ3v) is 4.51. The Morgan fingerprint density at radius 3 is 2.54 bits per heavy atom. The van der Waals surface area contributed by atoms with Crippen molar-refractivity contribution in [3.63, 3.8) is 0 Å². The summed E-state index contributed by atoms with van der Waals surface area (Å²) in [6.07, 6.45) is 0.782. The topological polar surface area (TPSA) is 66.5 Å². The third kappa shape index (κ3) is 3.04. The molecular weight excluding hydrogens is 322 g/mol. The molecular formula is C21H21N5. The van der Waals surface area contributed by atoms with Crippen LogP contribution in [0.3, 0.4) is 0 Å². The highest BCUT2D eigenvalue weighted by atomic mass is 15.2. The second-order valence-corrected chi connectivity index (χ2v) is 6.29. The molecule has 0 saturated heterocycles. The summed E-state index contributed by atoms with van der Waals surface area (Å²) in [5.41, 5.74) is 5.23. The summed E-state index contributed by atoms with van der Waals surface area (Å²) < 4.78 is 0.